The molecular weight excluding hydrogens is 314 g/mol. The summed E-state index contributed by atoms with van der Waals surface area (Å²) in [5, 5.41) is 5.21. The third-order valence-corrected chi connectivity index (χ3v) is 3.39. The topological polar surface area (TPSA) is 50.4 Å². The fourth-order valence-corrected chi connectivity index (χ4v) is 2.19. The molecule has 1 aromatic rings. The minimum Gasteiger partial charge on any atom is -0.377 e. The number of carbonyl (C=O) groups excluding carboxylic acids is 1. The first-order valence-electron chi connectivity index (χ1n) is 7.04. The van der Waals surface area contributed by atoms with Gasteiger partial charge in [-0.05, 0) is 18.1 Å². The minimum absolute atomic E-state index is 0. The largest absolute Gasteiger partial charge is 0.377 e. The number of benzene rings is 1. The van der Waals surface area contributed by atoms with Crippen molar-refractivity contribution in [1.29, 1.82) is 0 Å². The summed E-state index contributed by atoms with van der Waals surface area (Å²) in [5.41, 5.74) is 1.98. The van der Waals surface area contributed by atoms with Crippen LogP contribution in [0, 0.1) is 0 Å². The van der Waals surface area contributed by atoms with E-state index < -0.39 is 24.9 Å². The summed E-state index contributed by atoms with van der Waals surface area (Å²) >= 11 is 0. The van der Waals surface area contributed by atoms with Crippen LogP contribution < -0.4 is 10.6 Å². The van der Waals surface area contributed by atoms with Crippen LogP contribution in [0.2, 0.25) is 0 Å². The number of carbonyl (C=O) groups is 1. The molecule has 0 saturated carbocycles. The molecule has 124 valence electrons. The van der Waals surface area contributed by atoms with Crippen molar-refractivity contribution in [2.24, 2.45) is 0 Å². The molecule has 1 atom stereocenters. The Bertz CT molecular complexity index is 483. The molecule has 0 spiro atoms. The van der Waals surface area contributed by atoms with Crippen LogP contribution in [-0.2, 0) is 22.7 Å². The third kappa shape index (κ3) is 5.51. The van der Waals surface area contributed by atoms with Crippen LogP contribution in [0.4, 0.5) is 8.78 Å². The van der Waals surface area contributed by atoms with Gasteiger partial charge in [-0.1, -0.05) is 24.3 Å². The molecule has 2 rings (SSSR count). The first kappa shape index (κ1) is 18.8. The van der Waals surface area contributed by atoms with Gasteiger partial charge in [0, 0.05) is 19.6 Å². The van der Waals surface area contributed by atoms with E-state index in [-0.39, 0.29) is 18.3 Å². The maximum atomic E-state index is 13.0. The monoisotopic (exact) mass is 334 g/mol. The van der Waals surface area contributed by atoms with E-state index in [2.05, 4.69) is 10.6 Å². The lowest BCUT2D eigenvalue weighted by Gasteiger charge is -2.11. The third-order valence-electron chi connectivity index (χ3n) is 3.39. The molecule has 1 aromatic carbocycles. The molecular formula is C15H21ClF2N2O2. The van der Waals surface area contributed by atoms with E-state index in [0.717, 1.165) is 11.1 Å². The lowest BCUT2D eigenvalue weighted by atomic mass is 10.1. The quantitative estimate of drug-likeness (QED) is 0.839. The molecule has 1 amide bonds. The highest BCUT2D eigenvalue weighted by Crippen LogP contribution is 2.25. The van der Waals surface area contributed by atoms with Crippen LogP contribution in [0.15, 0.2) is 24.3 Å². The van der Waals surface area contributed by atoms with Crippen molar-refractivity contribution in [3.63, 3.8) is 0 Å². The molecule has 1 saturated heterocycles. The van der Waals surface area contributed by atoms with E-state index in [1.807, 2.05) is 31.2 Å². The van der Waals surface area contributed by atoms with E-state index >= 15 is 0 Å². The Morgan fingerprint density at radius 2 is 2.00 bits per heavy atom. The number of alkyl halides is 2. The van der Waals surface area contributed by atoms with Crippen molar-refractivity contribution in [2.45, 2.75) is 38.5 Å². The number of nitrogens with one attached hydrogen (secondary N) is 2. The van der Waals surface area contributed by atoms with Crippen LogP contribution in [0.25, 0.3) is 0 Å². The van der Waals surface area contributed by atoms with Gasteiger partial charge in [-0.15, -0.1) is 12.4 Å². The predicted molar refractivity (Wildman–Crippen MR) is 82.2 cm³/mol. The van der Waals surface area contributed by atoms with Crippen molar-refractivity contribution >= 4 is 18.3 Å². The maximum Gasteiger partial charge on any atom is 0.262 e. The highest BCUT2D eigenvalue weighted by atomic mass is 35.5. The van der Waals surface area contributed by atoms with Crippen LogP contribution in [0.1, 0.15) is 24.5 Å². The molecule has 1 fully saturated rings. The van der Waals surface area contributed by atoms with E-state index in [0.29, 0.717) is 19.8 Å². The number of rotatable bonds is 6. The van der Waals surface area contributed by atoms with Gasteiger partial charge in [0.05, 0.1) is 19.2 Å². The number of ether oxygens (including phenoxy) is 1. The van der Waals surface area contributed by atoms with Gasteiger partial charge >= 0.3 is 0 Å². The van der Waals surface area contributed by atoms with Gasteiger partial charge in [-0.25, -0.2) is 8.78 Å². The number of hydrogen-bond donors (Lipinski definition) is 2. The van der Waals surface area contributed by atoms with E-state index in [9.17, 15) is 13.6 Å². The summed E-state index contributed by atoms with van der Waals surface area (Å²) in [4.78, 5) is 11.8. The molecule has 1 unspecified atom stereocenters. The summed E-state index contributed by atoms with van der Waals surface area (Å²) in [6, 6.07) is 6.84. The van der Waals surface area contributed by atoms with Crippen molar-refractivity contribution in [2.75, 3.05) is 13.2 Å². The van der Waals surface area contributed by atoms with Crippen molar-refractivity contribution < 1.29 is 18.3 Å². The average molecular weight is 335 g/mol. The van der Waals surface area contributed by atoms with Crippen LogP contribution in [0.3, 0.4) is 0 Å². The minimum atomic E-state index is -2.79. The Morgan fingerprint density at radius 1 is 1.36 bits per heavy atom. The first-order valence-corrected chi connectivity index (χ1v) is 7.04. The number of hydrogen-bond acceptors (Lipinski definition) is 3. The summed E-state index contributed by atoms with van der Waals surface area (Å²) in [5.74, 6) is -3.17. The zero-order chi connectivity index (χ0) is 15.3. The molecule has 0 radical (unpaired) electrons. The van der Waals surface area contributed by atoms with Gasteiger partial charge in [0.25, 0.3) is 5.92 Å². The van der Waals surface area contributed by atoms with Gasteiger partial charge in [-0.3, -0.25) is 10.1 Å². The second kappa shape index (κ2) is 8.41. The Hall–Kier alpha value is -1.24. The summed E-state index contributed by atoms with van der Waals surface area (Å²) in [6.45, 7) is 3.06. The second-order valence-corrected chi connectivity index (χ2v) is 5.16. The van der Waals surface area contributed by atoms with Gasteiger partial charge in [-0.2, -0.15) is 0 Å². The highest BCUT2D eigenvalue weighted by molar-refractivity contribution is 5.85. The van der Waals surface area contributed by atoms with Gasteiger partial charge in [0.2, 0.25) is 5.91 Å². The average Bonchev–Trinajstić information content (AvgIpc) is 2.84. The molecule has 0 aromatic heterocycles. The fourth-order valence-electron chi connectivity index (χ4n) is 2.19. The zero-order valence-electron chi connectivity index (χ0n) is 12.4. The summed E-state index contributed by atoms with van der Waals surface area (Å²) in [6.07, 6.45) is -0.438. The Kier molecular flexibility index (Phi) is 7.19. The Balaban J connectivity index is 0.00000242. The van der Waals surface area contributed by atoms with Crippen LogP contribution in [0.5, 0.6) is 0 Å². The van der Waals surface area contributed by atoms with Gasteiger partial charge in [0.1, 0.15) is 0 Å². The molecule has 2 N–H and O–H groups in total. The second-order valence-electron chi connectivity index (χ2n) is 5.16. The fraction of sp³-hybridized carbons (Fsp3) is 0.533. The van der Waals surface area contributed by atoms with Crippen LogP contribution >= 0.6 is 12.4 Å². The molecule has 0 aliphatic carbocycles. The lowest BCUT2D eigenvalue weighted by Crippen LogP contribution is -2.40. The Morgan fingerprint density at radius 3 is 2.55 bits per heavy atom. The van der Waals surface area contributed by atoms with Crippen molar-refractivity contribution in [1.82, 2.24) is 10.6 Å². The predicted octanol–water partition coefficient (Wildman–Crippen LogP) is 2.26. The standard InChI is InChI=1S/C15H20F2N2O2.ClH/c1-2-21-9-12-5-3-11(4-6-12)8-18-14(20)13-7-15(16,17)10-19-13;/h3-6,13,19H,2,7-10H2,1H3,(H,18,20);1H. The van der Waals surface area contributed by atoms with Crippen molar-refractivity contribution in [3.05, 3.63) is 35.4 Å². The van der Waals surface area contributed by atoms with E-state index in [1.54, 1.807) is 0 Å². The summed E-state index contributed by atoms with van der Waals surface area (Å²) in [7, 11) is 0. The van der Waals surface area contributed by atoms with E-state index in [4.69, 9.17) is 4.74 Å². The van der Waals surface area contributed by atoms with Gasteiger partial charge in [0.15, 0.2) is 0 Å². The molecule has 4 nitrogen and oxygen atoms in total. The molecule has 22 heavy (non-hydrogen) atoms. The molecule has 1 heterocycles. The van der Waals surface area contributed by atoms with E-state index in [1.165, 1.54) is 0 Å². The summed E-state index contributed by atoms with van der Waals surface area (Å²) < 4.78 is 31.3. The number of halogens is 3. The first-order chi connectivity index (χ1) is 10.00. The number of amides is 1. The molecule has 7 heteroatoms. The molecule has 0 bridgehead atoms. The Labute approximate surface area is 135 Å². The van der Waals surface area contributed by atoms with Gasteiger partial charge < -0.3 is 10.1 Å². The SMILES string of the molecule is CCOCc1ccc(CNC(=O)C2CC(F)(F)CN2)cc1.Cl. The zero-order valence-corrected chi connectivity index (χ0v) is 13.2. The smallest absolute Gasteiger partial charge is 0.262 e. The van der Waals surface area contributed by atoms with Crippen molar-refractivity contribution in [3.8, 4) is 0 Å². The maximum absolute atomic E-state index is 13.0. The lowest BCUT2D eigenvalue weighted by molar-refractivity contribution is -0.123. The normalized spacial score (nSPS) is 19.5. The van der Waals surface area contributed by atoms with Crippen LogP contribution in [-0.4, -0.2) is 31.0 Å². The highest BCUT2D eigenvalue weighted by Gasteiger charge is 2.42. The molecule has 1 aliphatic heterocycles. The molecule has 1 aliphatic rings.